The van der Waals surface area contributed by atoms with Crippen LogP contribution in [0.25, 0.3) is 0 Å². The van der Waals surface area contributed by atoms with Crippen LogP contribution in [0.3, 0.4) is 0 Å². The second kappa shape index (κ2) is 9.96. The molecule has 0 spiro atoms. The Morgan fingerprint density at radius 2 is 2.03 bits per heavy atom. The van der Waals surface area contributed by atoms with E-state index in [0.29, 0.717) is 12.2 Å². The number of nitrogens with zero attached hydrogens (tertiary/aromatic N) is 2. The van der Waals surface area contributed by atoms with Crippen molar-refractivity contribution >= 4 is 29.0 Å². The average molecular weight is 434 g/mol. The van der Waals surface area contributed by atoms with E-state index in [-0.39, 0.29) is 11.9 Å². The number of urea groups is 1. The number of rotatable bonds is 5. The van der Waals surface area contributed by atoms with E-state index in [1.54, 1.807) is 4.90 Å². The van der Waals surface area contributed by atoms with Gasteiger partial charge in [0.05, 0.1) is 11.4 Å². The summed E-state index contributed by atoms with van der Waals surface area (Å²) in [5.41, 5.74) is 4.37. The van der Waals surface area contributed by atoms with Crippen LogP contribution in [-0.2, 0) is 4.79 Å². The standard InChI is InChI=1S/C25H31N5O2/c1-3-15-30-21-13-5-4-11-19(21)22(20-12-6-7-14-26-20)28-23(24(30)31)29-25(32)27-18-10-8-9-17(2)16-18/h4-5,8-11,13,16,20,23,26H,3,6-7,12,14-15H2,1-2H3,(H2,27,29,32)/t20-,23-/m0/s1. The van der Waals surface area contributed by atoms with Gasteiger partial charge in [-0.15, -0.1) is 0 Å². The van der Waals surface area contributed by atoms with E-state index in [2.05, 4.69) is 16.0 Å². The fourth-order valence-electron chi connectivity index (χ4n) is 4.38. The average Bonchev–Trinajstić information content (AvgIpc) is 2.90. The molecule has 0 bridgehead atoms. The number of benzodiazepines with no additional fused rings is 1. The lowest BCUT2D eigenvalue weighted by atomic mass is 9.94. The van der Waals surface area contributed by atoms with E-state index in [9.17, 15) is 9.59 Å². The van der Waals surface area contributed by atoms with Gasteiger partial charge in [0, 0.05) is 23.8 Å². The van der Waals surface area contributed by atoms with Crippen molar-refractivity contribution in [1.29, 1.82) is 0 Å². The van der Waals surface area contributed by atoms with E-state index in [4.69, 9.17) is 4.99 Å². The maximum Gasteiger partial charge on any atom is 0.321 e. The molecule has 2 aromatic rings. The predicted molar refractivity (Wildman–Crippen MR) is 128 cm³/mol. The number of amides is 3. The number of aliphatic imine (C=N–C) groups is 1. The van der Waals surface area contributed by atoms with Gasteiger partial charge in [0.25, 0.3) is 5.91 Å². The van der Waals surface area contributed by atoms with E-state index in [0.717, 1.165) is 54.8 Å². The normalized spacial score (nSPS) is 20.8. The molecule has 0 radical (unpaired) electrons. The van der Waals surface area contributed by atoms with Gasteiger partial charge in [-0.2, -0.15) is 0 Å². The van der Waals surface area contributed by atoms with E-state index in [1.165, 1.54) is 0 Å². The lowest BCUT2D eigenvalue weighted by Crippen LogP contribution is -2.49. The van der Waals surface area contributed by atoms with Crippen LogP contribution in [0.15, 0.2) is 53.5 Å². The summed E-state index contributed by atoms with van der Waals surface area (Å²) in [6.07, 6.45) is 3.01. The topological polar surface area (TPSA) is 85.8 Å². The largest absolute Gasteiger partial charge is 0.321 e. The van der Waals surface area contributed by atoms with Crippen LogP contribution < -0.4 is 20.9 Å². The molecular weight excluding hydrogens is 402 g/mol. The second-order valence-electron chi connectivity index (χ2n) is 8.39. The molecule has 7 heteroatoms. The molecule has 2 heterocycles. The number of anilines is 2. The molecule has 1 fully saturated rings. The maximum absolute atomic E-state index is 13.5. The van der Waals surface area contributed by atoms with E-state index < -0.39 is 12.2 Å². The number of carbonyl (C=O) groups excluding carboxylic acids is 2. The van der Waals surface area contributed by atoms with Crippen LogP contribution in [0.4, 0.5) is 16.2 Å². The molecule has 2 aliphatic heterocycles. The Kier molecular flexibility index (Phi) is 6.85. The van der Waals surface area contributed by atoms with Crippen LogP contribution in [0.1, 0.15) is 43.7 Å². The first-order valence-corrected chi connectivity index (χ1v) is 11.4. The van der Waals surface area contributed by atoms with Crippen molar-refractivity contribution in [2.75, 3.05) is 23.3 Å². The van der Waals surface area contributed by atoms with E-state index in [1.807, 2.05) is 62.4 Å². The van der Waals surface area contributed by atoms with Crippen molar-refractivity contribution in [2.24, 2.45) is 4.99 Å². The molecule has 2 atom stereocenters. The molecule has 0 aromatic heterocycles. The van der Waals surface area contributed by atoms with Gasteiger partial charge in [0.2, 0.25) is 6.17 Å². The molecule has 168 valence electrons. The molecule has 2 aliphatic rings. The Morgan fingerprint density at radius 3 is 2.78 bits per heavy atom. The van der Waals surface area contributed by atoms with Gasteiger partial charge in [-0.3, -0.25) is 9.79 Å². The summed E-state index contributed by atoms with van der Waals surface area (Å²) < 4.78 is 0. The minimum atomic E-state index is -0.988. The third-order valence-electron chi connectivity index (χ3n) is 5.87. The first-order chi connectivity index (χ1) is 15.6. The third kappa shape index (κ3) is 4.83. The molecular formula is C25H31N5O2. The van der Waals surface area contributed by atoms with Gasteiger partial charge >= 0.3 is 6.03 Å². The van der Waals surface area contributed by atoms with E-state index >= 15 is 0 Å². The number of aryl methyl sites for hydroxylation is 1. The highest BCUT2D eigenvalue weighted by Crippen LogP contribution is 2.28. The first kappa shape index (κ1) is 22.0. The Morgan fingerprint density at radius 1 is 1.19 bits per heavy atom. The van der Waals surface area contributed by atoms with Crippen molar-refractivity contribution in [3.63, 3.8) is 0 Å². The van der Waals surface area contributed by atoms with Gasteiger partial charge in [-0.25, -0.2) is 4.79 Å². The molecule has 32 heavy (non-hydrogen) atoms. The van der Waals surface area contributed by atoms with Crippen molar-refractivity contribution in [3.05, 3.63) is 59.7 Å². The monoisotopic (exact) mass is 433 g/mol. The smallest absolute Gasteiger partial charge is 0.309 e. The number of fused-ring (bicyclic) bond motifs is 1. The summed E-state index contributed by atoms with van der Waals surface area (Å²) in [6.45, 7) is 5.49. The van der Waals surface area contributed by atoms with Gasteiger partial charge in [0.1, 0.15) is 0 Å². The SMILES string of the molecule is CCCN1C(=O)[C@H](NC(=O)Nc2cccc(C)c2)N=C([C@@H]2CCCCN2)c2ccccc21. The zero-order valence-corrected chi connectivity index (χ0v) is 18.7. The highest BCUT2D eigenvalue weighted by Gasteiger charge is 2.34. The number of piperidine rings is 1. The second-order valence-corrected chi connectivity index (χ2v) is 8.39. The summed E-state index contributed by atoms with van der Waals surface area (Å²) >= 11 is 0. The highest BCUT2D eigenvalue weighted by atomic mass is 16.2. The Balaban J connectivity index is 1.67. The van der Waals surface area contributed by atoms with Gasteiger partial charge < -0.3 is 20.9 Å². The zero-order chi connectivity index (χ0) is 22.5. The lowest BCUT2D eigenvalue weighted by molar-refractivity contribution is -0.120. The lowest BCUT2D eigenvalue weighted by Gasteiger charge is -2.27. The minimum absolute atomic E-state index is 0.0587. The number of benzene rings is 2. The molecule has 4 rings (SSSR count). The Labute approximate surface area is 189 Å². The zero-order valence-electron chi connectivity index (χ0n) is 18.7. The first-order valence-electron chi connectivity index (χ1n) is 11.4. The summed E-state index contributed by atoms with van der Waals surface area (Å²) in [4.78, 5) is 32.9. The molecule has 1 saturated heterocycles. The van der Waals surface area contributed by atoms with Crippen LogP contribution in [0.5, 0.6) is 0 Å². The molecule has 7 nitrogen and oxygen atoms in total. The van der Waals surface area contributed by atoms with Crippen molar-refractivity contribution in [3.8, 4) is 0 Å². The highest BCUT2D eigenvalue weighted by molar-refractivity contribution is 6.15. The third-order valence-corrected chi connectivity index (χ3v) is 5.87. The van der Waals surface area contributed by atoms with Crippen LogP contribution >= 0.6 is 0 Å². The predicted octanol–water partition coefficient (Wildman–Crippen LogP) is 3.83. The summed E-state index contributed by atoms with van der Waals surface area (Å²) in [6, 6.07) is 15.1. The number of carbonyl (C=O) groups is 2. The molecule has 0 unspecified atom stereocenters. The maximum atomic E-state index is 13.5. The van der Waals surface area contributed by atoms with Gasteiger partial charge in [-0.1, -0.05) is 43.7 Å². The van der Waals surface area contributed by atoms with Crippen molar-refractivity contribution in [2.45, 2.75) is 51.7 Å². The quantitative estimate of drug-likeness (QED) is 0.670. The van der Waals surface area contributed by atoms with Gasteiger partial charge in [-0.05, 0) is 56.5 Å². The van der Waals surface area contributed by atoms with Crippen molar-refractivity contribution < 1.29 is 9.59 Å². The summed E-state index contributed by atoms with van der Waals surface area (Å²) in [7, 11) is 0. The number of hydrogen-bond donors (Lipinski definition) is 3. The Bertz CT molecular complexity index is 1010. The number of hydrogen-bond acceptors (Lipinski definition) is 4. The van der Waals surface area contributed by atoms with Gasteiger partial charge in [0.15, 0.2) is 0 Å². The minimum Gasteiger partial charge on any atom is -0.309 e. The molecule has 3 N–H and O–H groups in total. The number of nitrogens with one attached hydrogen (secondary N) is 3. The number of para-hydroxylation sites is 1. The van der Waals surface area contributed by atoms with Crippen LogP contribution in [0, 0.1) is 6.92 Å². The fourth-order valence-corrected chi connectivity index (χ4v) is 4.38. The fraction of sp³-hybridized carbons (Fsp3) is 0.400. The molecule has 0 saturated carbocycles. The summed E-state index contributed by atoms with van der Waals surface area (Å²) in [5, 5.41) is 9.19. The molecule has 3 amide bonds. The Hall–Kier alpha value is -3.19. The van der Waals surface area contributed by atoms with Crippen LogP contribution in [0.2, 0.25) is 0 Å². The molecule has 0 aliphatic carbocycles. The molecule has 2 aromatic carbocycles. The van der Waals surface area contributed by atoms with Crippen molar-refractivity contribution in [1.82, 2.24) is 10.6 Å². The van der Waals surface area contributed by atoms with Crippen LogP contribution in [-0.4, -0.2) is 42.9 Å². The summed E-state index contributed by atoms with van der Waals surface area (Å²) in [5.74, 6) is -0.218.